The lowest BCUT2D eigenvalue weighted by Crippen LogP contribution is -2.35. The molecule has 1 heterocycles. The molecule has 3 N–H and O–H groups in total. The van der Waals surface area contributed by atoms with E-state index in [1.54, 1.807) is 18.2 Å². The Bertz CT molecular complexity index is 405. The SMILES string of the molecule is Nc1c(Cl)cccc1C(=O)NC1CCSC1. The first-order valence-corrected chi connectivity index (χ1v) is 6.64. The summed E-state index contributed by atoms with van der Waals surface area (Å²) in [5.74, 6) is 1.95. The Morgan fingerprint density at radius 1 is 1.56 bits per heavy atom. The van der Waals surface area contributed by atoms with Gasteiger partial charge >= 0.3 is 0 Å². The number of rotatable bonds is 2. The van der Waals surface area contributed by atoms with E-state index in [0.717, 1.165) is 17.9 Å². The third-order valence-electron chi connectivity index (χ3n) is 2.56. The minimum absolute atomic E-state index is 0.132. The van der Waals surface area contributed by atoms with Crippen molar-refractivity contribution < 1.29 is 4.79 Å². The van der Waals surface area contributed by atoms with Gasteiger partial charge in [0.1, 0.15) is 0 Å². The molecule has 1 atom stereocenters. The molecule has 0 radical (unpaired) electrons. The number of amides is 1. The van der Waals surface area contributed by atoms with Crippen molar-refractivity contribution in [2.24, 2.45) is 0 Å². The molecule has 1 aromatic carbocycles. The number of hydrogen-bond donors (Lipinski definition) is 2. The van der Waals surface area contributed by atoms with Crippen LogP contribution in [0.3, 0.4) is 0 Å². The van der Waals surface area contributed by atoms with E-state index in [1.165, 1.54) is 0 Å². The second kappa shape index (κ2) is 4.97. The Hall–Kier alpha value is -0.870. The van der Waals surface area contributed by atoms with E-state index in [-0.39, 0.29) is 11.9 Å². The molecule has 86 valence electrons. The summed E-state index contributed by atoms with van der Waals surface area (Å²) in [7, 11) is 0. The molecule has 1 aliphatic rings. The first-order chi connectivity index (χ1) is 7.68. The zero-order chi connectivity index (χ0) is 11.5. The van der Waals surface area contributed by atoms with Gasteiger partial charge in [0.2, 0.25) is 0 Å². The second-order valence-corrected chi connectivity index (χ2v) is 5.29. The molecule has 0 saturated carbocycles. The predicted octanol–water partition coefficient (Wildman–Crippen LogP) is 2.16. The smallest absolute Gasteiger partial charge is 0.253 e. The normalized spacial score (nSPS) is 19.7. The first-order valence-electron chi connectivity index (χ1n) is 5.11. The van der Waals surface area contributed by atoms with Crippen LogP contribution in [0.15, 0.2) is 18.2 Å². The molecule has 0 aliphatic carbocycles. The van der Waals surface area contributed by atoms with Gasteiger partial charge in [0.25, 0.3) is 5.91 Å². The maximum Gasteiger partial charge on any atom is 0.253 e. The third-order valence-corrected chi connectivity index (χ3v) is 4.05. The fourth-order valence-corrected chi connectivity index (χ4v) is 2.97. The van der Waals surface area contributed by atoms with E-state index in [1.807, 2.05) is 11.8 Å². The minimum Gasteiger partial charge on any atom is -0.397 e. The number of nitrogens with one attached hydrogen (secondary N) is 1. The van der Waals surface area contributed by atoms with Gasteiger partial charge in [-0.15, -0.1) is 0 Å². The van der Waals surface area contributed by atoms with Crippen molar-refractivity contribution in [2.45, 2.75) is 12.5 Å². The quantitative estimate of drug-likeness (QED) is 0.798. The number of carbonyl (C=O) groups is 1. The van der Waals surface area contributed by atoms with Crippen LogP contribution < -0.4 is 11.1 Å². The molecule has 1 amide bonds. The molecule has 1 unspecified atom stereocenters. The molecule has 0 aromatic heterocycles. The Balaban J connectivity index is 2.11. The number of halogens is 1. The maximum absolute atomic E-state index is 11.9. The van der Waals surface area contributed by atoms with Crippen LogP contribution in [0.5, 0.6) is 0 Å². The van der Waals surface area contributed by atoms with Gasteiger partial charge in [-0.25, -0.2) is 0 Å². The molecule has 0 spiro atoms. The summed E-state index contributed by atoms with van der Waals surface area (Å²) in [5, 5.41) is 3.39. The summed E-state index contributed by atoms with van der Waals surface area (Å²) in [6.07, 6.45) is 1.02. The summed E-state index contributed by atoms with van der Waals surface area (Å²) in [4.78, 5) is 11.9. The number of para-hydroxylation sites is 1. The van der Waals surface area contributed by atoms with Crippen molar-refractivity contribution in [3.05, 3.63) is 28.8 Å². The molecule has 0 bridgehead atoms. The lowest BCUT2D eigenvalue weighted by atomic mass is 10.1. The van der Waals surface area contributed by atoms with Gasteiger partial charge in [-0.05, 0) is 24.3 Å². The average molecular weight is 257 g/mol. The van der Waals surface area contributed by atoms with E-state index < -0.39 is 0 Å². The summed E-state index contributed by atoms with van der Waals surface area (Å²) in [6.45, 7) is 0. The highest BCUT2D eigenvalue weighted by Crippen LogP contribution is 2.23. The summed E-state index contributed by atoms with van der Waals surface area (Å²) in [6, 6.07) is 5.37. The highest BCUT2D eigenvalue weighted by molar-refractivity contribution is 7.99. The van der Waals surface area contributed by atoms with Crippen molar-refractivity contribution in [2.75, 3.05) is 17.2 Å². The van der Waals surface area contributed by atoms with Gasteiger partial charge in [0.05, 0.1) is 16.3 Å². The van der Waals surface area contributed by atoms with Crippen LogP contribution >= 0.6 is 23.4 Å². The van der Waals surface area contributed by atoms with Crippen LogP contribution in [0.2, 0.25) is 5.02 Å². The lowest BCUT2D eigenvalue weighted by Gasteiger charge is -2.12. The zero-order valence-electron chi connectivity index (χ0n) is 8.70. The fourth-order valence-electron chi connectivity index (χ4n) is 1.65. The number of anilines is 1. The van der Waals surface area contributed by atoms with Crippen molar-refractivity contribution in [1.82, 2.24) is 5.32 Å². The Morgan fingerprint density at radius 2 is 2.38 bits per heavy atom. The Kier molecular flexibility index (Phi) is 3.61. The number of nitrogen functional groups attached to an aromatic ring is 1. The van der Waals surface area contributed by atoms with Gasteiger partial charge < -0.3 is 11.1 Å². The Morgan fingerprint density at radius 3 is 3.06 bits per heavy atom. The molecule has 5 heteroatoms. The van der Waals surface area contributed by atoms with Crippen molar-refractivity contribution in [3.63, 3.8) is 0 Å². The highest BCUT2D eigenvalue weighted by atomic mass is 35.5. The van der Waals surface area contributed by atoms with E-state index in [0.29, 0.717) is 16.3 Å². The molecule has 3 nitrogen and oxygen atoms in total. The molecule has 1 fully saturated rings. The average Bonchev–Trinajstić information content (AvgIpc) is 2.74. The highest BCUT2D eigenvalue weighted by Gasteiger charge is 2.19. The van der Waals surface area contributed by atoms with E-state index in [4.69, 9.17) is 17.3 Å². The monoisotopic (exact) mass is 256 g/mol. The molecular formula is C11H13ClN2OS. The standard InChI is InChI=1S/C11H13ClN2OS/c12-9-3-1-2-8(10(9)13)11(15)14-7-4-5-16-6-7/h1-3,7H,4-6,13H2,(H,14,15). The predicted molar refractivity (Wildman–Crippen MR) is 69.1 cm³/mol. The number of benzene rings is 1. The van der Waals surface area contributed by atoms with E-state index in [2.05, 4.69) is 5.32 Å². The Labute approximate surface area is 104 Å². The molecule has 1 aromatic rings. The van der Waals surface area contributed by atoms with Crippen LogP contribution in [-0.2, 0) is 0 Å². The molecule has 1 aliphatic heterocycles. The number of nitrogens with two attached hydrogens (primary N) is 1. The van der Waals surface area contributed by atoms with Crippen LogP contribution in [0.1, 0.15) is 16.8 Å². The molecule has 16 heavy (non-hydrogen) atoms. The number of hydrogen-bond acceptors (Lipinski definition) is 3. The van der Waals surface area contributed by atoms with Crippen molar-refractivity contribution in [1.29, 1.82) is 0 Å². The van der Waals surface area contributed by atoms with Gasteiger partial charge in [-0.1, -0.05) is 17.7 Å². The second-order valence-electron chi connectivity index (χ2n) is 3.74. The van der Waals surface area contributed by atoms with Crippen molar-refractivity contribution >= 4 is 35.0 Å². The van der Waals surface area contributed by atoms with Crippen LogP contribution in [0.25, 0.3) is 0 Å². The molecule has 2 rings (SSSR count). The van der Waals surface area contributed by atoms with Crippen molar-refractivity contribution in [3.8, 4) is 0 Å². The minimum atomic E-state index is -0.132. The fraction of sp³-hybridized carbons (Fsp3) is 0.364. The van der Waals surface area contributed by atoms with Crippen LogP contribution in [0.4, 0.5) is 5.69 Å². The number of thioether (sulfide) groups is 1. The topological polar surface area (TPSA) is 55.1 Å². The molecule has 1 saturated heterocycles. The number of carbonyl (C=O) groups excluding carboxylic acids is 1. The van der Waals surface area contributed by atoms with Gasteiger partial charge in [-0.2, -0.15) is 11.8 Å². The summed E-state index contributed by atoms with van der Waals surface area (Å²) >= 11 is 7.72. The van der Waals surface area contributed by atoms with Gasteiger partial charge in [0, 0.05) is 11.8 Å². The summed E-state index contributed by atoms with van der Waals surface area (Å²) < 4.78 is 0. The third kappa shape index (κ3) is 2.44. The van der Waals surface area contributed by atoms with Gasteiger partial charge in [-0.3, -0.25) is 4.79 Å². The van der Waals surface area contributed by atoms with E-state index >= 15 is 0 Å². The van der Waals surface area contributed by atoms with E-state index in [9.17, 15) is 4.79 Å². The largest absolute Gasteiger partial charge is 0.397 e. The maximum atomic E-state index is 11.9. The lowest BCUT2D eigenvalue weighted by molar-refractivity contribution is 0.0942. The van der Waals surface area contributed by atoms with Crippen LogP contribution in [-0.4, -0.2) is 23.5 Å². The van der Waals surface area contributed by atoms with Crippen LogP contribution in [0, 0.1) is 0 Å². The molecular weight excluding hydrogens is 244 g/mol. The summed E-state index contributed by atoms with van der Waals surface area (Å²) in [5.41, 5.74) is 6.58. The van der Waals surface area contributed by atoms with Gasteiger partial charge in [0.15, 0.2) is 0 Å². The zero-order valence-corrected chi connectivity index (χ0v) is 10.3. The first kappa shape index (κ1) is 11.6.